The van der Waals surface area contributed by atoms with E-state index in [9.17, 15) is 9.59 Å². The number of nitrogens with one attached hydrogen (secondary N) is 1. The highest BCUT2D eigenvalue weighted by Crippen LogP contribution is 2.07. The van der Waals surface area contributed by atoms with Gasteiger partial charge < -0.3 is 10.1 Å². The van der Waals surface area contributed by atoms with Crippen molar-refractivity contribution >= 4 is 28.9 Å². The molecule has 0 atom stereocenters. The predicted molar refractivity (Wildman–Crippen MR) is 74.1 cm³/mol. The van der Waals surface area contributed by atoms with E-state index < -0.39 is 5.97 Å². The van der Waals surface area contributed by atoms with E-state index >= 15 is 0 Å². The van der Waals surface area contributed by atoms with Gasteiger partial charge in [-0.3, -0.25) is 9.59 Å². The van der Waals surface area contributed by atoms with E-state index in [2.05, 4.69) is 5.32 Å². The van der Waals surface area contributed by atoms with Gasteiger partial charge in [-0.1, -0.05) is 18.2 Å². The number of carbonyl (C=O) groups is 2. The summed E-state index contributed by atoms with van der Waals surface area (Å²) in [6, 6.07) is 10.9. The monoisotopic (exact) mass is 275 g/mol. The smallest absolute Gasteiger partial charge is 0.310 e. The van der Waals surface area contributed by atoms with Gasteiger partial charge in [-0.25, -0.2) is 0 Å². The Morgan fingerprint density at radius 3 is 2.63 bits per heavy atom. The fraction of sp³-hybridized carbons (Fsp3) is 0.143. The first-order valence-electron chi connectivity index (χ1n) is 5.75. The minimum absolute atomic E-state index is 0.197. The van der Waals surface area contributed by atoms with Crippen LogP contribution >= 0.6 is 11.3 Å². The van der Waals surface area contributed by atoms with Gasteiger partial charge in [-0.15, -0.1) is 0 Å². The van der Waals surface area contributed by atoms with Gasteiger partial charge >= 0.3 is 5.97 Å². The van der Waals surface area contributed by atoms with Crippen molar-refractivity contribution in [2.24, 2.45) is 0 Å². The molecule has 0 saturated heterocycles. The number of benzene rings is 1. The lowest BCUT2D eigenvalue weighted by Gasteiger charge is -2.06. The van der Waals surface area contributed by atoms with Gasteiger partial charge in [0.25, 0.3) is 5.91 Å². The van der Waals surface area contributed by atoms with E-state index in [1.54, 1.807) is 12.1 Å². The summed E-state index contributed by atoms with van der Waals surface area (Å²) in [4.78, 5) is 23.0. The van der Waals surface area contributed by atoms with Crippen molar-refractivity contribution in [1.29, 1.82) is 0 Å². The number of hydrogen-bond donors (Lipinski definition) is 1. The maximum atomic E-state index is 11.5. The van der Waals surface area contributed by atoms with Crippen molar-refractivity contribution in [3.63, 3.8) is 0 Å². The maximum Gasteiger partial charge on any atom is 0.310 e. The number of anilines is 1. The number of hydrogen-bond acceptors (Lipinski definition) is 4. The fourth-order valence-electron chi connectivity index (χ4n) is 1.48. The third kappa shape index (κ3) is 4.56. The minimum Gasteiger partial charge on any atom is -0.455 e. The number of amides is 1. The normalized spacial score (nSPS) is 9.89. The fourth-order valence-corrected chi connectivity index (χ4v) is 2.14. The number of carbonyl (C=O) groups excluding carboxylic acids is 2. The van der Waals surface area contributed by atoms with Crippen LogP contribution in [-0.2, 0) is 20.7 Å². The Kier molecular flexibility index (Phi) is 4.69. The van der Waals surface area contributed by atoms with E-state index in [4.69, 9.17) is 4.74 Å². The molecule has 0 aliphatic rings. The van der Waals surface area contributed by atoms with Crippen LogP contribution in [0.1, 0.15) is 5.56 Å². The standard InChI is InChI=1S/C14H13NO3S/c16-13(15-12-4-2-1-3-5-12)9-18-14(17)8-11-6-7-19-10-11/h1-7,10H,8-9H2,(H,15,16). The molecule has 2 rings (SSSR count). The second-order valence-electron chi connectivity index (χ2n) is 3.88. The van der Waals surface area contributed by atoms with Crippen LogP contribution in [0.5, 0.6) is 0 Å². The van der Waals surface area contributed by atoms with Crippen molar-refractivity contribution in [1.82, 2.24) is 0 Å². The summed E-state index contributed by atoms with van der Waals surface area (Å²) in [5.74, 6) is -0.744. The molecule has 5 heteroatoms. The minimum atomic E-state index is -0.401. The third-order valence-electron chi connectivity index (χ3n) is 2.35. The van der Waals surface area contributed by atoms with Crippen molar-refractivity contribution in [3.8, 4) is 0 Å². The first-order chi connectivity index (χ1) is 9.24. The number of thiophene rings is 1. The molecule has 1 amide bonds. The average molecular weight is 275 g/mol. The molecule has 0 aliphatic carbocycles. The summed E-state index contributed by atoms with van der Waals surface area (Å²) in [6.07, 6.45) is 0.197. The van der Waals surface area contributed by atoms with Gasteiger partial charge in [0.2, 0.25) is 0 Å². The highest BCUT2D eigenvalue weighted by molar-refractivity contribution is 7.07. The molecule has 0 fully saturated rings. The van der Waals surface area contributed by atoms with Crippen LogP contribution in [-0.4, -0.2) is 18.5 Å². The summed E-state index contributed by atoms with van der Waals surface area (Å²) in [5, 5.41) is 6.42. The molecule has 98 valence electrons. The van der Waals surface area contributed by atoms with Crippen molar-refractivity contribution in [3.05, 3.63) is 52.7 Å². The largest absolute Gasteiger partial charge is 0.455 e. The molecule has 1 aromatic heterocycles. The van der Waals surface area contributed by atoms with Crippen LogP contribution < -0.4 is 5.32 Å². The Morgan fingerprint density at radius 2 is 1.95 bits per heavy atom. The highest BCUT2D eigenvalue weighted by atomic mass is 32.1. The summed E-state index contributed by atoms with van der Waals surface area (Å²) in [5.41, 5.74) is 1.58. The zero-order chi connectivity index (χ0) is 13.5. The van der Waals surface area contributed by atoms with Crippen LogP contribution in [0.4, 0.5) is 5.69 Å². The molecule has 19 heavy (non-hydrogen) atoms. The van der Waals surface area contributed by atoms with Crippen molar-refractivity contribution in [2.45, 2.75) is 6.42 Å². The van der Waals surface area contributed by atoms with Gasteiger partial charge in [-0.05, 0) is 34.5 Å². The van der Waals surface area contributed by atoms with Gasteiger partial charge in [0.15, 0.2) is 6.61 Å². The lowest BCUT2D eigenvalue weighted by molar-refractivity contribution is -0.146. The van der Waals surface area contributed by atoms with Crippen LogP contribution in [0.2, 0.25) is 0 Å². The molecule has 2 aromatic rings. The topological polar surface area (TPSA) is 55.4 Å². The predicted octanol–water partition coefficient (Wildman–Crippen LogP) is 2.47. The Labute approximate surface area is 115 Å². The van der Waals surface area contributed by atoms with Crippen LogP contribution in [0.15, 0.2) is 47.2 Å². The van der Waals surface area contributed by atoms with Crippen LogP contribution in [0.3, 0.4) is 0 Å². The number of esters is 1. The van der Waals surface area contributed by atoms with Gasteiger partial charge in [-0.2, -0.15) is 11.3 Å². The van der Waals surface area contributed by atoms with Crippen molar-refractivity contribution in [2.75, 3.05) is 11.9 Å². The number of para-hydroxylation sites is 1. The average Bonchev–Trinajstić information content (AvgIpc) is 2.90. The highest BCUT2D eigenvalue weighted by Gasteiger charge is 2.08. The van der Waals surface area contributed by atoms with E-state index in [1.165, 1.54) is 11.3 Å². The zero-order valence-electron chi connectivity index (χ0n) is 10.2. The van der Waals surface area contributed by atoms with Crippen LogP contribution in [0, 0.1) is 0 Å². The third-order valence-corrected chi connectivity index (χ3v) is 3.08. The summed E-state index contributed by atoms with van der Waals surface area (Å²) in [7, 11) is 0. The Balaban J connectivity index is 1.73. The Hall–Kier alpha value is -2.14. The second-order valence-corrected chi connectivity index (χ2v) is 4.66. The van der Waals surface area contributed by atoms with E-state index in [-0.39, 0.29) is 18.9 Å². The second kappa shape index (κ2) is 6.70. The van der Waals surface area contributed by atoms with E-state index in [0.717, 1.165) is 5.56 Å². The van der Waals surface area contributed by atoms with E-state index in [1.807, 2.05) is 35.0 Å². The molecule has 0 aliphatic heterocycles. The summed E-state index contributed by atoms with van der Waals surface area (Å²) >= 11 is 1.52. The Morgan fingerprint density at radius 1 is 1.16 bits per heavy atom. The lowest BCUT2D eigenvalue weighted by Crippen LogP contribution is -2.21. The maximum absolute atomic E-state index is 11.5. The molecule has 1 N–H and O–H groups in total. The molecule has 0 radical (unpaired) electrons. The molecule has 0 saturated carbocycles. The first-order valence-corrected chi connectivity index (χ1v) is 6.70. The molecule has 1 heterocycles. The molecule has 0 spiro atoms. The quantitative estimate of drug-likeness (QED) is 0.853. The van der Waals surface area contributed by atoms with Gasteiger partial charge in [0.05, 0.1) is 6.42 Å². The van der Waals surface area contributed by atoms with E-state index in [0.29, 0.717) is 5.69 Å². The number of rotatable bonds is 5. The molecule has 0 unspecified atom stereocenters. The summed E-state index contributed by atoms with van der Waals surface area (Å²) < 4.78 is 4.90. The first kappa shape index (κ1) is 13.3. The summed E-state index contributed by atoms with van der Waals surface area (Å²) in [6.45, 7) is -0.266. The molecular weight excluding hydrogens is 262 g/mol. The Bertz CT molecular complexity index is 537. The SMILES string of the molecule is O=C(COC(=O)Cc1ccsc1)Nc1ccccc1. The van der Waals surface area contributed by atoms with Gasteiger partial charge in [0.1, 0.15) is 0 Å². The molecule has 1 aromatic carbocycles. The lowest BCUT2D eigenvalue weighted by atomic mass is 10.2. The zero-order valence-corrected chi connectivity index (χ0v) is 11.0. The van der Waals surface area contributed by atoms with Crippen molar-refractivity contribution < 1.29 is 14.3 Å². The van der Waals surface area contributed by atoms with Gasteiger partial charge in [0, 0.05) is 5.69 Å². The molecule has 0 bridgehead atoms. The number of ether oxygens (including phenoxy) is 1. The van der Waals surface area contributed by atoms with Crippen LogP contribution in [0.25, 0.3) is 0 Å². The molecular formula is C14H13NO3S. The molecule has 4 nitrogen and oxygen atoms in total.